The van der Waals surface area contributed by atoms with E-state index in [1.54, 1.807) is 0 Å². The maximum absolute atomic E-state index is 11.9. The van der Waals surface area contributed by atoms with Crippen molar-refractivity contribution in [2.24, 2.45) is 5.92 Å². The van der Waals surface area contributed by atoms with Crippen molar-refractivity contribution in [3.63, 3.8) is 0 Å². The molecule has 0 spiro atoms. The summed E-state index contributed by atoms with van der Waals surface area (Å²) in [6, 6.07) is 0. The molecule has 1 aliphatic rings. The molecular formula is C11H16BrN3OS. The minimum absolute atomic E-state index is 0.0391. The molecule has 1 aromatic heterocycles. The van der Waals surface area contributed by atoms with Gasteiger partial charge in [-0.25, -0.2) is 0 Å². The number of nitrogens with zero attached hydrogens (tertiary/aromatic N) is 2. The van der Waals surface area contributed by atoms with Crippen LogP contribution < -0.4 is 5.32 Å². The highest BCUT2D eigenvalue weighted by molar-refractivity contribution is 9.09. The van der Waals surface area contributed by atoms with Crippen LogP contribution in [0.3, 0.4) is 0 Å². The average Bonchev–Trinajstić information content (AvgIpc) is 2.74. The highest BCUT2D eigenvalue weighted by Crippen LogP contribution is 2.29. The smallest absolute Gasteiger partial charge is 0.264 e. The number of amides is 1. The SMILES string of the molecule is Cc1nnsc1C(=O)NCC1CCCCC1Br. The van der Waals surface area contributed by atoms with Crippen molar-refractivity contribution in [3.8, 4) is 0 Å². The van der Waals surface area contributed by atoms with Crippen LogP contribution in [0.15, 0.2) is 0 Å². The van der Waals surface area contributed by atoms with E-state index in [4.69, 9.17) is 0 Å². The Kier molecular flexibility index (Phi) is 4.50. The van der Waals surface area contributed by atoms with Gasteiger partial charge in [0, 0.05) is 11.4 Å². The van der Waals surface area contributed by atoms with Crippen LogP contribution in [0.25, 0.3) is 0 Å². The van der Waals surface area contributed by atoms with Crippen LogP contribution >= 0.6 is 27.5 Å². The Balaban J connectivity index is 1.86. The van der Waals surface area contributed by atoms with Gasteiger partial charge in [0.05, 0.1) is 5.69 Å². The van der Waals surface area contributed by atoms with Crippen LogP contribution in [-0.2, 0) is 0 Å². The molecule has 4 nitrogen and oxygen atoms in total. The lowest BCUT2D eigenvalue weighted by Gasteiger charge is -2.27. The Bertz CT molecular complexity index is 396. The summed E-state index contributed by atoms with van der Waals surface area (Å²) in [6.45, 7) is 2.55. The lowest BCUT2D eigenvalue weighted by Crippen LogP contribution is -2.34. The second-order valence-corrected chi connectivity index (χ2v) is 6.39. The van der Waals surface area contributed by atoms with Crippen LogP contribution in [0, 0.1) is 12.8 Å². The fourth-order valence-corrected chi connectivity index (χ4v) is 3.48. The van der Waals surface area contributed by atoms with Crippen molar-refractivity contribution in [1.29, 1.82) is 0 Å². The number of nitrogens with one attached hydrogen (secondary N) is 1. The van der Waals surface area contributed by atoms with E-state index >= 15 is 0 Å². The molecule has 0 aromatic carbocycles. The summed E-state index contributed by atoms with van der Waals surface area (Å²) < 4.78 is 3.77. The number of aromatic nitrogens is 2. The Morgan fingerprint density at radius 2 is 2.29 bits per heavy atom. The van der Waals surface area contributed by atoms with Gasteiger partial charge < -0.3 is 5.32 Å². The van der Waals surface area contributed by atoms with Crippen molar-refractivity contribution in [2.75, 3.05) is 6.54 Å². The molecule has 1 saturated carbocycles. The van der Waals surface area contributed by atoms with Crippen LogP contribution in [0.4, 0.5) is 0 Å². The molecule has 2 atom stereocenters. The van der Waals surface area contributed by atoms with E-state index in [0.717, 1.165) is 18.1 Å². The fourth-order valence-electron chi connectivity index (χ4n) is 2.14. The third-order valence-electron chi connectivity index (χ3n) is 3.20. The molecular weight excluding hydrogens is 302 g/mol. The molecule has 0 aliphatic heterocycles. The van der Waals surface area contributed by atoms with E-state index in [1.807, 2.05) is 6.92 Å². The molecule has 2 unspecified atom stereocenters. The van der Waals surface area contributed by atoms with E-state index in [0.29, 0.717) is 21.3 Å². The number of hydrogen-bond acceptors (Lipinski definition) is 4. The minimum Gasteiger partial charge on any atom is -0.351 e. The van der Waals surface area contributed by atoms with Gasteiger partial charge in [0.2, 0.25) is 0 Å². The predicted molar refractivity (Wildman–Crippen MR) is 71.7 cm³/mol. The summed E-state index contributed by atoms with van der Waals surface area (Å²) in [5, 5.41) is 6.83. The summed E-state index contributed by atoms with van der Waals surface area (Å²) in [7, 11) is 0. The molecule has 1 heterocycles. The van der Waals surface area contributed by atoms with Crippen molar-refractivity contribution < 1.29 is 4.79 Å². The van der Waals surface area contributed by atoms with Crippen molar-refractivity contribution in [2.45, 2.75) is 37.4 Å². The number of hydrogen-bond donors (Lipinski definition) is 1. The molecule has 1 N–H and O–H groups in total. The monoisotopic (exact) mass is 317 g/mol. The van der Waals surface area contributed by atoms with Gasteiger partial charge in [0.1, 0.15) is 4.88 Å². The topological polar surface area (TPSA) is 54.9 Å². The van der Waals surface area contributed by atoms with Gasteiger partial charge in [0.25, 0.3) is 5.91 Å². The zero-order valence-electron chi connectivity index (χ0n) is 9.78. The van der Waals surface area contributed by atoms with Crippen molar-refractivity contribution in [3.05, 3.63) is 10.6 Å². The van der Waals surface area contributed by atoms with Gasteiger partial charge in [-0.1, -0.05) is 33.3 Å². The molecule has 0 saturated heterocycles. The quantitative estimate of drug-likeness (QED) is 0.872. The Labute approximate surface area is 113 Å². The number of aryl methyl sites for hydroxylation is 1. The Morgan fingerprint density at radius 1 is 1.53 bits per heavy atom. The van der Waals surface area contributed by atoms with E-state index < -0.39 is 0 Å². The molecule has 0 radical (unpaired) electrons. The molecule has 1 fully saturated rings. The summed E-state index contributed by atoms with van der Waals surface area (Å²) in [6.07, 6.45) is 4.96. The van der Waals surface area contributed by atoms with Gasteiger partial charge >= 0.3 is 0 Å². The number of carbonyl (C=O) groups excluding carboxylic acids is 1. The summed E-state index contributed by atoms with van der Waals surface area (Å²) >= 11 is 4.85. The lowest BCUT2D eigenvalue weighted by molar-refractivity contribution is 0.0948. The van der Waals surface area contributed by atoms with E-state index in [-0.39, 0.29) is 5.91 Å². The standard InChI is InChI=1S/C11H16BrN3OS/c1-7-10(17-15-14-7)11(16)13-6-8-4-2-3-5-9(8)12/h8-9H,2-6H2,1H3,(H,13,16). The van der Waals surface area contributed by atoms with Gasteiger partial charge in [-0.2, -0.15) is 0 Å². The van der Waals surface area contributed by atoms with Crippen LogP contribution in [0.2, 0.25) is 0 Å². The first kappa shape index (κ1) is 13.0. The molecule has 0 bridgehead atoms. The zero-order valence-corrected chi connectivity index (χ0v) is 12.2. The maximum Gasteiger partial charge on any atom is 0.264 e. The van der Waals surface area contributed by atoms with E-state index in [2.05, 4.69) is 30.8 Å². The Morgan fingerprint density at radius 3 is 2.94 bits per heavy atom. The molecule has 1 aliphatic carbocycles. The maximum atomic E-state index is 11.9. The first-order valence-electron chi connectivity index (χ1n) is 5.89. The molecule has 1 amide bonds. The van der Waals surface area contributed by atoms with E-state index in [1.165, 1.54) is 25.7 Å². The highest BCUT2D eigenvalue weighted by Gasteiger charge is 2.23. The molecule has 94 valence electrons. The number of alkyl halides is 1. The first-order valence-corrected chi connectivity index (χ1v) is 7.58. The molecule has 1 aromatic rings. The zero-order chi connectivity index (χ0) is 12.3. The number of halogens is 1. The van der Waals surface area contributed by atoms with Crippen LogP contribution in [0.5, 0.6) is 0 Å². The summed E-state index contributed by atoms with van der Waals surface area (Å²) in [4.78, 5) is 13.1. The normalized spacial score (nSPS) is 24.6. The number of carbonyl (C=O) groups is 1. The third kappa shape index (κ3) is 3.25. The molecule has 6 heteroatoms. The Hall–Kier alpha value is -0.490. The highest BCUT2D eigenvalue weighted by atomic mass is 79.9. The number of rotatable bonds is 3. The van der Waals surface area contributed by atoms with Gasteiger partial charge in [-0.15, -0.1) is 5.10 Å². The first-order chi connectivity index (χ1) is 8.18. The summed E-state index contributed by atoms with van der Waals surface area (Å²) in [5.41, 5.74) is 0.714. The summed E-state index contributed by atoms with van der Waals surface area (Å²) in [5.74, 6) is 0.511. The second kappa shape index (κ2) is 5.91. The predicted octanol–water partition coefficient (Wildman–Crippen LogP) is 2.53. The van der Waals surface area contributed by atoms with Crippen LogP contribution in [-0.4, -0.2) is 26.9 Å². The largest absolute Gasteiger partial charge is 0.351 e. The lowest BCUT2D eigenvalue weighted by atomic mass is 9.89. The average molecular weight is 318 g/mol. The van der Waals surface area contributed by atoms with Gasteiger partial charge in [-0.3, -0.25) is 4.79 Å². The minimum atomic E-state index is -0.0391. The molecule has 2 rings (SSSR count). The second-order valence-electron chi connectivity index (χ2n) is 4.46. The van der Waals surface area contributed by atoms with Crippen molar-refractivity contribution >= 4 is 33.4 Å². The van der Waals surface area contributed by atoms with E-state index in [9.17, 15) is 4.79 Å². The van der Waals surface area contributed by atoms with Gasteiger partial charge in [-0.05, 0) is 37.2 Å². The fraction of sp³-hybridized carbons (Fsp3) is 0.727. The van der Waals surface area contributed by atoms with Gasteiger partial charge in [0.15, 0.2) is 0 Å². The molecule has 17 heavy (non-hydrogen) atoms. The van der Waals surface area contributed by atoms with Crippen LogP contribution in [0.1, 0.15) is 41.0 Å². The van der Waals surface area contributed by atoms with Crippen molar-refractivity contribution in [1.82, 2.24) is 14.9 Å². The third-order valence-corrected chi connectivity index (χ3v) is 5.23.